The lowest BCUT2D eigenvalue weighted by molar-refractivity contribution is -0.189. The number of likely N-dealkylation sites (tertiary alicyclic amines) is 1. The van der Waals surface area contributed by atoms with Crippen LogP contribution in [0.15, 0.2) is 139 Å². The molecule has 5 aliphatic heterocycles. The number of nitrogens with zero attached hydrogens (tertiary/aromatic N) is 14. The smallest absolute Gasteiger partial charge is 0.414 e. The number of ether oxygens (including phenoxy) is 5. The van der Waals surface area contributed by atoms with E-state index in [1.54, 1.807) is 43.9 Å². The highest BCUT2D eigenvalue weighted by molar-refractivity contribution is 5.98. The summed E-state index contributed by atoms with van der Waals surface area (Å²) in [4.78, 5) is 102. The molecule has 10 aromatic rings. The van der Waals surface area contributed by atoms with Gasteiger partial charge in [-0.05, 0) is 144 Å². The number of nitrogens with one attached hydrogen (secondary N) is 1. The molecular weight excluding hydrogens is 1360 g/mol. The zero-order valence-corrected chi connectivity index (χ0v) is 62.1. The molecule has 6 aromatic heterocycles. The van der Waals surface area contributed by atoms with Gasteiger partial charge in [-0.15, -0.1) is 0 Å². The van der Waals surface area contributed by atoms with Gasteiger partial charge in [0.05, 0.1) is 97.7 Å². The standard InChI is InChI=1S/C28H30N6O4.C28H33N3O4.C25H32N6O3/c1-19-8-9-21-22(34(19)28(37)38-2)10-11-23-27(21)31-24(12-15-32-14-4-3-7-26(32)36)33(23)18-25(35)30-17-20-6-5-13-29-16-20;1-18-12-13-22-23(30(18)28(33)35-3)14-15-24-26(22)29-25(16-19-8-5-4-6-9-19)31(24)21-11-7-10-20(17-21)27(32)34-2;1-18-4-5-19-20(31(18)24(32)33-2)6-7-21-23(19)27-22(8-11-29-10-3-9-26-29)30(21)13-12-28-14-25(15-28)16-34-17-25/h3-7,10-11,13-14,16,19H,8-9,12,15,17-18H2,1-2H3,(H,30,35);4-6,8-9,14-15,18,20-21H,7,10-13,16-17H2,1-3H3;3,6-7,9-10,18H,4-5,8,11-17H2,1-2H3/t19-;18-,20+,21+;18-/m000/s1. The molecule has 3 fully saturated rings. The summed E-state index contributed by atoms with van der Waals surface area (Å²) in [6.07, 6.45) is 18.5. The van der Waals surface area contributed by atoms with Crippen molar-refractivity contribution in [2.45, 2.75) is 161 Å². The molecule has 0 bridgehead atoms. The van der Waals surface area contributed by atoms with E-state index in [2.05, 4.69) is 73.6 Å². The highest BCUT2D eigenvalue weighted by Crippen LogP contribution is 2.44. The Bertz CT molecular complexity index is 4920. The van der Waals surface area contributed by atoms with Crippen molar-refractivity contribution in [2.75, 3.05) is 76.0 Å². The molecule has 1 spiro atoms. The minimum absolute atomic E-state index is 0.00262. The Hall–Kier alpha value is -10.7. The van der Waals surface area contributed by atoms with E-state index in [-0.39, 0.29) is 66.3 Å². The number of aryl methyl sites for hydroxylation is 7. The minimum Gasteiger partial charge on any atom is -0.469 e. The zero-order valence-electron chi connectivity index (χ0n) is 62.1. The third kappa shape index (κ3) is 15.2. The second-order valence-electron chi connectivity index (χ2n) is 29.2. The van der Waals surface area contributed by atoms with Crippen LogP contribution in [-0.2, 0) is 105 Å². The van der Waals surface area contributed by atoms with E-state index in [4.69, 9.17) is 38.6 Å². The maximum atomic E-state index is 13.0. The van der Waals surface area contributed by atoms with Gasteiger partial charge in [-0.25, -0.2) is 29.3 Å². The molecule has 0 unspecified atom stereocenters. The Labute approximate surface area is 621 Å². The molecular formula is C81H95N15O11. The fourth-order valence-corrected chi connectivity index (χ4v) is 16.7. The molecule has 560 valence electrons. The van der Waals surface area contributed by atoms with Crippen LogP contribution in [0.2, 0.25) is 0 Å². The second kappa shape index (κ2) is 32.2. The van der Waals surface area contributed by atoms with Gasteiger partial charge in [0, 0.05) is 148 Å². The van der Waals surface area contributed by atoms with Gasteiger partial charge in [0.1, 0.15) is 24.0 Å². The molecule has 4 amide bonds. The van der Waals surface area contributed by atoms with Crippen LogP contribution in [0, 0.1) is 11.3 Å². The lowest BCUT2D eigenvalue weighted by Gasteiger charge is -2.55. The maximum absolute atomic E-state index is 13.0. The molecule has 16 rings (SSSR count). The number of hydrogen-bond acceptors (Lipinski definition) is 17. The van der Waals surface area contributed by atoms with Gasteiger partial charge >= 0.3 is 24.2 Å². The Morgan fingerprint density at radius 1 is 0.561 bits per heavy atom. The summed E-state index contributed by atoms with van der Waals surface area (Å²) >= 11 is 0. The molecule has 11 heterocycles. The Kier molecular flexibility index (Phi) is 22.0. The first-order valence-electron chi connectivity index (χ1n) is 37.4. The molecule has 1 N–H and O–H groups in total. The van der Waals surface area contributed by atoms with Crippen LogP contribution in [0.1, 0.15) is 117 Å². The van der Waals surface area contributed by atoms with Crippen molar-refractivity contribution in [3.63, 3.8) is 0 Å². The summed E-state index contributed by atoms with van der Waals surface area (Å²) in [6, 6.07) is 33.6. The average Bonchev–Trinajstić information content (AvgIpc) is 1.65. The van der Waals surface area contributed by atoms with E-state index in [9.17, 15) is 28.8 Å². The van der Waals surface area contributed by atoms with Crippen molar-refractivity contribution in [3.05, 3.63) is 190 Å². The summed E-state index contributed by atoms with van der Waals surface area (Å²) in [5.41, 5.74) is 14.0. The Balaban J connectivity index is 0.000000135. The van der Waals surface area contributed by atoms with Crippen LogP contribution in [0.3, 0.4) is 0 Å². The summed E-state index contributed by atoms with van der Waals surface area (Å²) in [7, 11) is 5.72. The molecule has 26 nitrogen and oxygen atoms in total. The topological polar surface area (TPSA) is 263 Å². The van der Waals surface area contributed by atoms with Gasteiger partial charge in [-0.3, -0.25) is 38.7 Å². The number of hydrogen-bond donors (Lipinski definition) is 1. The van der Waals surface area contributed by atoms with Gasteiger partial charge in [0.2, 0.25) is 5.91 Å². The SMILES string of the molecule is COC(=O)N1c2ccc3c(nc(CCn4ccccc4=O)n3CC(=O)NCc3cccnc3)c2CC[C@@H]1C.COC(=O)N1c2ccc3c(nc(CCn4cccn4)n3CCN3CC4(COC4)C3)c2CC[C@@H]1C.COC(=O)[C@@H]1CCC[C@@H](n2c(Cc3ccccc3)nc3c4c(ccc32)N(C(=O)OC)[C@@H](C)CC4)C1. The van der Waals surface area contributed by atoms with E-state index in [0.717, 1.165) is 201 Å². The molecule has 5 atom stereocenters. The number of aromatic nitrogens is 10. The van der Waals surface area contributed by atoms with Gasteiger partial charge in [-0.2, -0.15) is 5.10 Å². The van der Waals surface area contributed by atoms with Crippen LogP contribution in [-0.4, -0.2) is 162 Å². The van der Waals surface area contributed by atoms with E-state index < -0.39 is 6.09 Å². The van der Waals surface area contributed by atoms with Gasteiger partial charge < -0.3 is 52.2 Å². The van der Waals surface area contributed by atoms with Crippen molar-refractivity contribution in [3.8, 4) is 0 Å². The number of carbonyl (C=O) groups is 5. The molecule has 4 aromatic carbocycles. The number of anilines is 3. The molecule has 1 aliphatic carbocycles. The minimum atomic E-state index is -0.407. The van der Waals surface area contributed by atoms with Crippen molar-refractivity contribution >= 4 is 80.3 Å². The third-order valence-electron chi connectivity index (χ3n) is 22.3. The fraction of sp³-hybridized carbons (Fsp3) is 0.444. The molecule has 6 aliphatic rings. The highest BCUT2D eigenvalue weighted by Gasteiger charge is 2.49. The predicted molar refractivity (Wildman–Crippen MR) is 406 cm³/mol. The second-order valence-corrected chi connectivity index (χ2v) is 29.2. The Morgan fingerprint density at radius 3 is 1.69 bits per heavy atom. The number of rotatable bonds is 17. The van der Waals surface area contributed by atoms with Crippen molar-refractivity contribution in [1.29, 1.82) is 0 Å². The quantitative estimate of drug-likeness (QED) is 0.0656. The van der Waals surface area contributed by atoms with Gasteiger partial charge in [-0.1, -0.05) is 48.9 Å². The summed E-state index contributed by atoms with van der Waals surface area (Å²) in [5.74, 6) is 2.40. The monoisotopic (exact) mass is 1450 g/mol. The molecule has 26 heteroatoms. The number of fused-ring (bicyclic) bond motifs is 9. The van der Waals surface area contributed by atoms with Crippen LogP contribution in [0.5, 0.6) is 0 Å². The lowest BCUT2D eigenvalue weighted by atomic mass is 9.78. The van der Waals surface area contributed by atoms with Crippen LogP contribution >= 0.6 is 0 Å². The molecule has 1 saturated carbocycles. The number of pyridine rings is 2. The summed E-state index contributed by atoms with van der Waals surface area (Å²) in [5, 5.41) is 7.32. The molecule has 2 saturated heterocycles. The maximum Gasteiger partial charge on any atom is 0.414 e. The number of methoxy groups -OCH3 is 4. The van der Waals surface area contributed by atoms with E-state index in [1.807, 2.05) is 89.2 Å². The number of carbonyl (C=O) groups excluding carboxylic acids is 5. The van der Waals surface area contributed by atoms with Crippen molar-refractivity contribution in [1.82, 2.24) is 58.2 Å². The normalized spacial score (nSPS) is 19.2. The van der Waals surface area contributed by atoms with Crippen molar-refractivity contribution < 1.29 is 47.7 Å². The lowest BCUT2D eigenvalue weighted by Crippen LogP contribution is -2.66. The number of imidazole rings is 3. The molecule has 0 radical (unpaired) electrons. The first-order valence-corrected chi connectivity index (χ1v) is 37.4. The van der Waals surface area contributed by atoms with Crippen LogP contribution < -0.4 is 25.6 Å². The number of esters is 1. The largest absolute Gasteiger partial charge is 0.469 e. The van der Waals surface area contributed by atoms with Gasteiger partial charge in [0.25, 0.3) is 5.56 Å². The summed E-state index contributed by atoms with van der Waals surface area (Å²) in [6.45, 7) is 13.8. The average molecular weight is 1450 g/mol. The third-order valence-corrected chi connectivity index (χ3v) is 22.3. The fourth-order valence-electron chi connectivity index (χ4n) is 16.7. The van der Waals surface area contributed by atoms with Crippen LogP contribution in [0.25, 0.3) is 33.1 Å². The predicted octanol–water partition coefficient (Wildman–Crippen LogP) is 11.2. The summed E-state index contributed by atoms with van der Waals surface area (Å²) < 4.78 is 36.0. The van der Waals surface area contributed by atoms with Crippen molar-refractivity contribution in [2.24, 2.45) is 11.3 Å². The van der Waals surface area contributed by atoms with E-state index in [1.165, 1.54) is 40.1 Å². The first-order chi connectivity index (χ1) is 52.0. The van der Waals surface area contributed by atoms with E-state index in [0.29, 0.717) is 37.2 Å². The van der Waals surface area contributed by atoms with Gasteiger partial charge in [0.15, 0.2) is 0 Å². The van der Waals surface area contributed by atoms with E-state index >= 15 is 0 Å². The van der Waals surface area contributed by atoms with Crippen LogP contribution in [0.4, 0.5) is 31.4 Å². The zero-order chi connectivity index (χ0) is 74.5. The number of benzene rings is 4. The first kappa shape index (κ1) is 73.2. The Morgan fingerprint density at radius 2 is 1.13 bits per heavy atom. The number of amides is 4. The molecule has 107 heavy (non-hydrogen) atoms. The highest BCUT2D eigenvalue weighted by atomic mass is 16.6.